The summed E-state index contributed by atoms with van der Waals surface area (Å²) >= 11 is 1.56. The molecule has 132 valence electrons. The molecule has 0 bridgehead atoms. The van der Waals surface area contributed by atoms with E-state index < -0.39 is 0 Å². The Morgan fingerprint density at radius 1 is 1.04 bits per heavy atom. The van der Waals surface area contributed by atoms with Crippen LogP contribution < -0.4 is 10.2 Å². The molecule has 1 N–H and O–H groups in total. The van der Waals surface area contributed by atoms with Crippen molar-refractivity contribution in [1.82, 2.24) is 15.2 Å². The lowest BCUT2D eigenvalue weighted by atomic mass is 10.1. The molecule has 0 saturated carbocycles. The molecule has 1 amide bonds. The van der Waals surface area contributed by atoms with Crippen molar-refractivity contribution in [3.05, 3.63) is 72.1 Å². The maximum atomic E-state index is 12.5. The quantitative estimate of drug-likeness (QED) is 0.675. The Kier molecular flexibility index (Phi) is 5.80. The number of rotatable bonds is 6. The lowest BCUT2D eigenvalue weighted by Crippen LogP contribution is -2.26. The van der Waals surface area contributed by atoms with Gasteiger partial charge in [0.05, 0.1) is 0 Å². The van der Waals surface area contributed by atoms with E-state index in [2.05, 4.69) is 20.5 Å². The molecule has 0 spiro atoms. The lowest BCUT2D eigenvalue weighted by Gasteiger charge is -2.17. The van der Waals surface area contributed by atoms with Gasteiger partial charge in [-0.2, -0.15) is 0 Å². The SMILES string of the molecule is CSc1ccc(NCc2ccc(N(C)C(=O)c3ccncc3)cc2)nn1. The number of nitrogens with zero attached hydrogens (tertiary/aromatic N) is 4. The van der Waals surface area contributed by atoms with E-state index in [1.54, 1.807) is 48.2 Å². The smallest absolute Gasteiger partial charge is 0.258 e. The van der Waals surface area contributed by atoms with Gasteiger partial charge in [0.15, 0.2) is 0 Å². The Bertz CT molecular complexity index is 853. The molecule has 6 nitrogen and oxygen atoms in total. The largest absolute Gasteiger partial charge is 0.365 e. The molecule has 2 heterocycles. The van der Waals surface area contributed by atoms with Gasteiger partial charge in [0, 0.05) is 37.2 Å². The first-order chi connectivity index (χ1) is 12.7. The van der Waals surface area contributed by atoms with Crippen molar-refractivity contribution in [2.24, 2.45) is 0 Å². The second kappa shape index (κ2) is 8.44. The minimum atomic E-state index is -0.0672. The molecule has 26 heavy (non-hydrogen) atoms. The van der Waals surface area contributed by atoms with Gasteiger partial charge < -0.3 is 10.2 Å². The average molecular weight is 365 g/mol. The number of hydrogen-bond acceptors (Lipinski definition) is 6. The Morgan fingerprint density at radius 2 is 1.77 bits per heavy atom. The Hall–Kier alpha value is -2.93. The van der Waals surface area contributed by atoms with Crippen LogP contribution in [0.2, 0.25) is 0 Å². The second-order valence-corrected chi connectivity index (χ2v) is 6.41. The molecule has 0 aliphatic rings. The average Bonchev–Trinajstić information content (AvgIpc) is 2.72. The van der Waals surface area contributed by atoms with Crippen LogP contribution in [0.4, 0.5) is 11.5 Å². The van der Waals surface area contributed by atoms with Crippen molar-refractivity contribution < 1.29 is 4.79 Å². The summed E-state index contributed by atoms with van der Waals surface area (Å²) in [5, 5.41) is 12.4. The minimum absolute atomic E-state index is 0.0672. The van der Waals surface area contributed by atoms with Crippen LogP contribution in [0, 0.1) is 0 Å². The van der Waals surface area contributed by atoms with Crippen LogP contribution in [0.3, 0.4) is 0 Å². The van der Waals surface area contributed by atoms with E-state index in [-0.39, 0.29) is 5.91 Å². The molecule has 1 aromatic carbocycles. The fourth-order valence-electron chi connectivity index (χ4n) is 2.36. The number of pyridine rings is 1. The van der Waals surface area contributed by atoms with Gasteiger partial charge in [-0.05, 0) is 48.2 Å². The third-order valence-corrected chi connectivity index (χ3v) is 4.51. The van der Waals surface area contributed by atoms with Gasteiger partial charge in [0.1, 0.15) is 10.8 Å². The van der Waals surface area contributed by atoms with Crippen molar-refractivity contribution >= 4 is 29.2 Å². The van der Waals surface area contributed by atoms with E-state index in [0.717, 1.165) is 22.1 Å². The zero-order chi connectivity index (χ0) is 18.4. The second-order valence-electron chi connectivity index (χ2n) is 5.58. The predicted molar refractivity (Wildman–Crippen MR) is 105 cm³/mol. The number of hydrogen-bond donors (Lipinski definition) is 1. The Balaban J connectivity index is 1.61. The van der Waals surface area contributed by atoms with E-state index in [4.69, 9.17) is 0 Å². The van der Waals surface area contributed by atoms with Gasteiger partial charge in [-0.15, -0.1) is 22.0 Å². The van der Waals surface area contributed by atoms with Gasteiger partial charge in [0.2, 0.25) is 0 Å². The van der Waals surface area contributed by atoms with Crippen LogP contribution in [0.15, 0.2) is 66.0 Å². The van der Waals surface area contributed by atoms with Crippen molar-refractivity contribution in [2.45, 2.75) is 11.6 Å². The molecular weight excluding hydrogens is 346 g/mol. The summed E-state index contributed by atoms with van der Waals surface area (Å²) in [6.45, 7) is 0.635. The number of carbonyl (C=O) groups is 1. The number of amides is 1. The van der Waals surface area contributed by atoms with Crippen molar-refractivity contribution in [3.63, 3.8) is 0 Å². The Morgan fingerprint density at radius 3 is 2.38 bits per heavy atom. The fourth-order valence-corrected chi connectivity index (χ4v) is 2.69. The van der Waals surface area contributed by atoms with Crippen LogP contribution in [-0.4, -0.2) is 34.4 Å². The first-order valence-corrected chi connectivity index (χ1v) is 9.28. The molecule has 0 atom stereocenters. The molecule has 3 aromatic rings. The van der Waals surface area contributed by atoms with Gasteiger partial charge >= 0.3 is 0 Å². The van der Waals surface area contributed by atoms with E-state index in [1.165, 1.54) is 0 Å². The van der Waals surface area contributed by atoms with Crippen LogP contribution in [0.1, 0.15) is 15.9 Å². The number of thioether (sulfide) groups is 1. The highest BCUT2D eigenvalue weighted by atomic mass is 32.2. The third-order valence-electron chi connectivity index (χ3n) is 3.88. The number of carbonyl (C=O) groups excluding carboxylic acids is 1. The summed E-state index contributed by atoms with van der Waals surface area (Å²) in [7, 11) is 1.76. The van der Waals surface area contributed by atoms with Crippen molar-refractivity contribution in [3.8, 4) is 0 Å². The summed E-state index contributed by atoms with van der Waals surface area (Å²) < 4.78 is 0. The highest BCUT2D eigenvalue weighted by molar-refractivity contribution is 7.98. The van der Waals surface area contributed by atoms with Gasteiger partial charge in [-0.25, -0.2) is 0 Å². The van der Waals surface area contributed by atoms with Crippen LogP contribution in [-0.2, 0) is 6.54 Å². The molecule has 2 aromatic heterocycles. The number of anilines is 2. The molecule has 0 unspecified atom stereocenters. The topological polar surface area (TPSA) is 71.0 Å². The molecule has 0 saturated heterocycles. The van der Waals surface area contributed by atoms with E-state index >= 15 is 0 Å². The van der Waals surface area contributed by atoms with Crippen LogP contribution >= 0.6 is 11.8 Å². The molecule has 0 aliphatic carbocycles. The number of nitrogens with one attached hydrogen (secondary N) is 1. The van der Waals surface area contributed by atoms with Crippen molar-refractivity contribution in [2.75, 3.05) is 23.5 Å². The molecule has 3 rings (SSSR count). The predicted octanol–water partition coefficient (Wildman–Crippen LogP) is 3.48. The van der Waals surface area contributed by atoms with Crippen LogP contribution in [0.5, 0.6) is 0 Å². The zero-order valence-corrected chi connectivity index (χ0v) is 15.4. The standard InChI is InChI=1S/C19H19N5OS/c1-24(19(25)15-9-11-20-12-10-15)16-5-3-14(4-6-16)13-21-17-7-8-18(26-2)23-22-17/h3-12H,13H2,1-2H3,(H,21,22). The summed E-state index contributed by atoms with van der Waals surface area (Å²) in [6.07, 6.45) is 5.20. The Labute approximate surface area is 156 Å². The van der Waals surface area contributed by atoms with E-state index in [1.807, 2.05) is 42.7 Å². The molecule has 7 heteroatoms. The van der Waals surface area contributed by atoms with Crippen LogP contribution in [0.25, 0.3) is 0 Å². The summed E-state index contributed by atoms with van der Waals surface area (Å²) in [6, 6.07) is 15.1. The molecular formula is C19H19N5OS. The fraction of sp³-hybridized carbons (Fsp3) is 0.158. The van der Waals surface area contributed by atoms with E-state index in [0.29, 0.717) is 12.1 Å². The monoisotopic (exact) mass is 365 g/mol. The summed E-state index contributed by atoms with van der Waals surface area (Å²) in [5.41, 5.74) is 2.54. The van der Waals surface area contributed by atoms with Gasteiger partial charge in [-0.3, -0.25) is 9.78 Å². The highest BCUT2D eigenvalue weighted by Gasteiger charge is 2.13. The highest BCUT2D eigenvalue weighted by Crippen LogP contribution is 2.17. The molecule has 0 fully saturated rings. The summed E-state index contributed by atoms with van der Waals surface area (Å²) in [5.74, 6) is 0.666. The minimum Gasteiger partial charge on any atom is -0.365 e. The normalized spacial score (nSPS) is 10.4. The van der Waals surface area contributed by atoms with Gasteiger partial charge in [-0.1, -0.05) is 12.1 Å². The third kappa shape index (κ3) is 4.37. The maximum Gasteiger partial charge on any atom is 0.258 e. The summed E-state index contributed by atoms with van der Waals surface area (Å²) in [4.78, 5) is 18.0. The van der Waals surface area contributed by atoms with E-state index in [9.17, 15) is 4.79 Å². The first-order valence-electron chi connectivity index (χ1n) is 8.06. The first kappa shape index (κ1) is 17.9. The maximum absolute atomic E-state index is 12.5. The number of aromatic nitrogens is 3. The zero-order valence-electron chi connectivity index (χ0n) is 14.6. The molecule has 0 radical (unpaired) electrons. The van der Waals surface area contributed by atoms with Gasteiger partial charge in [0.25, 0.3) is 5.91 Å². The number of benzene rings is 1. The molecule has 0 aliphatic heterocycles. The lowest BCUT2D eigenvalue weighted by molar-refractivity contribution is 0.0993. The van der Waals surface area contributed by atoms with Crippen molar-refractivity contribution in [1.29, 1.82) is 0 Å².